The van der Waals surface area contributed by atoms with Crippen molar-refractivity contribution in [2.75, 3.05) is 18.1 Å². The molecule has 0 N–H and O–H groups in total. The average Bonchev–Trinajstić information content (AvgIpc) is 2.56. The fraction of sp³-hybridized carbons (Fsp3) is 0.875. The van der Waals surface area contributed by atoms with Crippen molar-refractivity contribution < 1.29 is 13.2 Å². The lowest BCUT2D eigenvalue weighted by Gasteiger charge is -2.21. The van der Waals surface area contributed by atoms with Crippen LogP contribution in [0.3, 0.4) is 0 Å². The summed E-state index contributed by atoms with van der Waals surface area (Å²) in [5, 5.41) is 0. The lowest BCUT2D eigenvalue weighted by molar-refractivity contribution is -0.129. The second-order valence-electron chi connectivity index (χ2n) is 3.75. The highest BCUT2D eigenvalue weighted by Gasteiger charge is 2.36. The van der Waals surface area contributed by atoms with Crippen LogP contribution >= 0.6 is 0 Å². The number of amides is 1. The van der Waals surface area contributed by atoms with Crippen LogP contribution in [-0.4, -0.2) is 43.3 Å². The maximum absolute atomic E-state index is 11.3. The Kier molecular flexibility index (Phi) is 2.06. The monoisotopic (exact) mass is 203 g/mol. The third kappa shape index (κ3) is 1.70. The minimum absolute atomic E-state index is 0.0278. The summed E-state index contributed by atoms with van der Waals surface area (Å²) in [6, 6.07) is -0.0278. The molecule has 0 bridgehead atoms. The van der Waals surface area contributed by atoms with Crippen molar-refractivity contribution in [2.24, 2.45) is 0 Å². The van der Waals surface area contributed by atoms with E-state index in [0.29, 0.717) is 12.8 Å². The van der Waals surface area contributed by atoms with Crippen molar-refractivity contribution in [1.82, 2.24) is 4.90 Å². The summed E-state index contributed by atoms with van der Waals surface area (Å²) in [5.74, 6) is 0.558. The van der Waals surface area contributed by atoms with Gasteiger partial charge in [0.05, 0.1) is 11.5 Å². The van der Waals surface area contributed by atoms with E-state index in [4.69, 9.17) is 0 Å². The number of likely N-dealkylation sites (tertiary alicyclic amines) is 1. The van der Waals surface area contributed by atoms with E-state index in [0.717, 1.165) is 13.0 Å². The van der Waals surface area contributed by atoms with Gasteiger partial charge < -0.3 is 4.90 Å². The van der Waals surface area contributed by atoms with Crippen molar-refractivity contribution >= 4 is 15.7 Å². The lowest BCUT2D eigenvalue weighted by atomic mass is 10.2. The van der Waals surface area contributed by atoms with Crippen molar-refractivity contribution in [1.29, 1.82) is 0 Å². The van der Waals surface area contributed by atoms with Crippen LogP contribution in [0.2, 0.25) is 0 Å². The normalized spacial score (nSPS) is 32.8. The highest BCUT2D eigenvalue weighted by atomic mass is 32.2. The summed E-state index contributed by atoms with van der Waals surface area (Å²) in [4.78, 5) is 13.0. The Hall–Kier alpha value is -0.580. The van der Waals surface area contributed by atoms with E-state index in [1.165, 1.54) is 0 Å². The molecule has 74 valence electrons. The zero-order valence-electron chi connectivity index (χ0n) is 7.40. The summed E-state index contributed by atoms with van der Waals surface area (Å²) in [5.41, 5.74) is 0. The molecule has 2 aliphatic rings. The van der Waals surface area contributed by atoms with E-state index < -0.39 is 9.84 Å². The summed E-state index contributed by atoms with van der Waals surface area (Å²) < 4.78 is 22.3. The predicted octanol–water partition coefficient (Wildman–Crippen LogP) is -0.204. The number of carbonyl (C=O) groups excluding carboxylic acids is 1. The molecule has 0 aliphatic carbocycles. The number of sulfone groups is 1. The first-order valence-electron chi connectivity index (χ1n) is 4.58. The molecule has 0 aromatic heterocycles. The zero-order chi connectivity index (χ0) is 9.47. The highest BCUT2D eigenvalue weighted by Crippen LogP contribution is 2.22. The Balaban J connectivity index is 2.07. The van der Waals surface area contributed by atoms with Gasteiger partial charge in [0, 0.05) is 19.0 Å². The van der Waals surface area contributed by atoms with Gasteiger partial charge in [-0.05, 0) is 12.8 Å². The van der Waals surface area contributed by atoms with Crippen molar-refractivity contribution in [3.05, 3.63) is 0 Å². The molecule has 2 fully saturated rings. The second kappa shape index (κ2) is 2.97. The molecule has 2 heterocycles. The van der Waals surface area contributed by atoms with Gasteiger partial charge in [0.1, 0.15) is 0 Å². The van der Waals surface area contributed by atoms with E-state index in [1.54, 1.807) is 4.90 Å². The van der Waals surface area contributed by atoms with Crippen LogP contribution < -0.4 is 0 Å². The quantitative estimate of drug-likeness (QED) is 0.593. The van der Waals surface area contributed by atoms with E-state index in [2.05, 4.69) is 0 Å². The van der Waals surface area contributed by atoms with E-state index >= 15 is 0 Å². The van der Waals surface area contributed by atoms with Gasteiger partial charge >= 0.3 is 0 Å². The number of rotatable bonds is 1. The molecule has 0 radical (unpaired) electrons. The van der Waals surface area contributed by atoms with E-state index in [9.17, 15) is 13.2 Å². The molecular formula is C8H13NO3S. The Morgan fingerprint density at radius 2 is 2.15 bits per heavy atom. The number of nitrogens with zero attached hydrogens (tertiary/aromatic N) is 1. The van der Waals surface area contributed by atoms with Crippen molar-refractivity contribution in [3.63, 3.8) is 0 Å². The number of hydrogen-bond acceptors (Lipinski definition) is 3. The Bertz CT molecular complexity index is 322. The van der Waals surface area contributed by atoms with Crippen LogP contribution in [0.1, 0.15) is 19.3 Å². The molecule has 1 atom stereocenters. The SMILES string of the molecule is O=C1CCCN1C1CCS(=O)(=O)C1. The largest absolute Gasteiger partial charge is 0.339 e. The van der Waals surface area contributed by atoms with Crippen LogP contribution in [0.4, 0.5) is 0 Å². The molecule has 1 unspecified atom stereocenters. The first kappa shape index (κ1) is 8.99. The first-order chi connectivity index (χ1) is 6.08. The van der Waals surface area contributed by atoms with Gasteiger partial charge in [-0.2, -0.15) is 0 Å². The predicted molar refractivity (Wildman–Crippen MR) is 48.0 cm³/mol. The molecule has 2 rings (SSSR count). The molecule has 1 amide bonds. The minimum atomic E-state index is -2.85. The smallest absolute Gasteiger partial charge is 0.222 e. The van der Waals surface area contributed by atoms with Gasteiger partial charge in [0.25, 0.3) is 0 Å². The Morgan fingerprint density at radius 1 is 1.38 bits per heavy atom. The van der Waals surface area contributed by atoms with E-state index in [-0.39, 0.29) is 23.5 Å². The molecule has 13 heavy (non-hydrogen) atoms. The molecule has 0 spiro atoms. The summed E-state index contributed by atoms with van der Waals surface area (Å²) >= 11 is 0. The Morgan fingerprint density at radius 3 is 2.62 bits per heavy atom. The molecular weight excluding hydrogens is 190 g/mol. The standard InChI is InChI=1S/C8H13NO3S/c10-8-2-1-4-9(8)7-3-5-13(11,12)6-7/h7H,1-6H2. The zero-order valence-corrected chi connectivity index (χ0v) is 8.22. The number of carbonyl (C=O) groups is 1. The van der Waals surface area contributed by atoms with Gasteiger partial charge in [-0.25, -0.2) is 8.42 Å². The third-order valence-electron chi connectivity index (χ3n) is 2.76. The van der Waals surface area contributed by atoms with Crippen molar-refractivity contribution in [2.45, 2.75) is 25.3 Å². The topological polar surface area (TPSA) is 54.5 Å². The summed E-state index contributed by atoms with van der Waals surface area (Å²) in [6.07, 6.45) is 2.11. The summed E-state index contributed by atoms with van der Waals surface area (Å²) in [7, 11) is -2.85. The third-order valence-corrected chi connectivity index (χ3v) is 4.51. The molecule has 4 nitrogen and oxygen atoms in total. The molecule has 2 aliphatic heterocycles. The highest BCUT2D eigenvalue weighted by molar-refractivity contribution is 7.91. The van der Waals surface area contributed by atoms with Gasteiger partial charge in [0.15, 0.2) is 9.84 Å². The van der Waals surface area contributed by atoms with Crippen LogP contribution in [0.25, 0.3) is 0 Å². The van der Waals surface area contributed by atoms with E-state index in [1.807, 2.05) is 0 Å². The van der Waals surface area contributed by atoms with Crippen molar-refractivity contribution in [3.8, 4) is 0 Å². The molecule has 0 aromatic carbocycles. The van der Waals surface area contributed by atoms with Crippen LogP contribution in [0.15, 0.2) is 0 Å². The minimum Gasteiger partial charge on any atom is -0.339 e. The number of hydrogen-bond donors (Lipinski definition) is 0. The molecule has 0 saturated carbocycles. The second-order valence-corrected chi connectivity index (χ2v) is 5.98. The van der Waals surface area contributed by atoms with Gasteiger partial charge in [-0.1, -0.05) is 0 Å². The molecule has 5 heteroatoms. The van der Waals surface area contributed by atoms with Gasteiger partial charge in [-0.3, -0.25) is 4.79 Å². The Labute approximate surface area is 77.8 Å². The lowest BCUT2D eigenvalue weighted by Crippen LogP contribution is -2.36. The van der Waals surface area contributed by atoms with Crippen LogP contribution in [0.5, 0.6) is 0 Å². The molecule has 0 aromatic rings. The fourth-order valence-electron chi connectivity index (χ4n) is 2.08. The van der Waals surface area contributed by atoms with Gasteiger partial charge in [-0.15, -0.1) is 0 Å². The van der Waals surface area contributed by atoms with Crippen LogP contribution in [0, 0.1) is 0 Å². The fourth-order valence-corrected chi connectivity index (χ4v) is 3.81. The maximum Gasteiger partial charge on any atom is 0.222 e. The maximum atomic E-state index is 11.3. The van der Waals surface area contributed by atoms with Crippen LogP contribution in [-0.2, 0) is 14.6 Å². The first-order valence-corrected chi connectivity index (χ1v) is 6.40. The molecule has 2 saturated heterocycles. The average molecular weight is 203 g/mol. The van der Waals surface area contributed by atoms with Gasteiger partial charge in [0.2, 0.25) is 5.91 Å². The summed E-state index contributed by atoms with van der Waals surface area (Å²) in [6.45, 7) is 0.749.